The summed E-state index contributed by atoms with van der Waals surface area (Å²) in [6.45, 7) is 0.375. The van der Waals surface area contributed by atoms with E-state index >= 15 is 0 Å². The van der Waals surface area contributed by atoms with Crippen LogP contribution in [0.4, 0.5) is 0 Å². The number of carbonyl (C=O) groups is 1. The lowest BCUT2D eigenvalue weighted by Crippen LogP contribution is -2.33. The third-order valence-corrected chi connectivity index (χ3v) is 6.27. The Labute approximate surface area is 157 Å². The zero-order valence-electron chi connectivity index (χ0n) is 14.2. The maximum absolute atomic E-state index is 12.2. The Morgan fingerprint density at radius 3 is 2.36 bits per heavy atom. The molecule has 0 radical (unpaired) electrons. The third-order valence-electron chi connectivity index (χ3n) is 3.90. The van der Waals surface area contributed by atoms with Crippen molar-refractivity contribution in [2.45, 2.75) is 19.4 Å². The van der Waals surface area contributed by atoms with Crippen LogP contribution in [0.2, 0.25) is 0 Å². The molecule has 4 nitrogen and oxygen atoms in total. The van der Waals surface area contributed by atoms with E-state index in [-0.39, 0.29) is 11.7 Å². The minimum atomic E-state index is -3.40. The second kappa shape index (κ2) is 9.15. The van der Waals surface area contributed by atoms with Crippen LogP contribution in [0.15, 0.2) is 59.1 Å². The lowest BCUT2D eigenvalue weighted by atomic mass is 10.1. The van der Waals surface area contributed by atoms with E-state index < -0.39 is 15.6 Å². The van der Waals surface area contributed by atoms with Crippen LogP contribution in [0.1, 0.15) is 17.5 Å². The molecule has 0 fully saturated rings. The van der Waals surface area contributed by atoms with Gasteiger partial charge in [0.1, 0.15) is 5.75 Å². The van der Waals surface area contributed by atoms with Gasteiger partial charge in [-0.2, -0.15) is 0 Å². The maximum atomic E-state index is 12.2. The van der Waals surface area contributed by atoms with Gasteiger partial charge in [0.2, 0.25) is 5.91 Å². The van der Waals surface area contributed by atoms with Crippen LogP contribution in [-0.4, -0.2) is 37.8 Å². The Morgan fingerprint density at radius 2 is 1.68 bits per heavy atom. The van der Waals surface area contributed by atoms with Crippen LogP contribution in [-0.2, 0) is 27.6 Å². The molecule has 1 amide bonds. The minimum absolute atomic E-state index is 0.0243. The Bertz CT molecular complexity index is 806. The van der Waals surface area contributed by atoms with E-state index in [0.29, 0.717) is 19.4 Å². The molecule has 0 aliphatic rings. The monoisotopic (exact) mass is 423 g/mol. The van der Waals surface area contributed by atoms with E-state index in [1.54, 1.807) is 7.05 Å². The number of nitrogens with zero attached hydrogens (tertiary/aromatic N) is 1. The third kappa shape index (κ3) is 6.63. The Balaban J connectivity index is 1.84. The lowest BCUT2D eigenvalue weighted by molar-refractivity contribution is -0.127. The fraction of sp³-hybridized carbons (Fsp3) is 0.316. The van der Waals surface area contributed by atoms with E-state index in [1.165, 1.54) is 4.90 Å². The van der Waals surface area contributed by atoms with Gasteiger partial charge in [-0.1, -0.05) is 64.5 Å². The van der Waals surface area contributed by atoms with Gasteiger partial charge in [-0.3, -0.25) is 4.79 Å². The first kappa shape index (κ1) is 19.7. The van der Waals surface area contributed by atoms with Crippen LogP contribution < -0.4 is 0 Å². The number of hydrogen-bond donors (Lipinski definition) is 0. The van der Waals surface area contributed by atoms with Gasteiger partial charge >= 0.3 is 0 Å². The zero-order valence-corrected chi connectivity index (χ0v) is 16.6. The molecule has 0 aliphatic carbocycles. The van der Waals surface area contributed by atoms with Crippen molar-refractivity contribution in [1.29, 1.82) is 0 Å². The summed E-state index contributed by atoms with van der Waals surface area (Å²) in [6, 6.07) is 17.3. The number of sulfone groups is 1. The highest BCUT2D eigenvalue weighted by Crippen LogP contribution is 2.17. The first-order valence-corrected chi connectivity index (χ1v) is 10.7. The zero-order chi connectivity index (χ0) is 18.3. The summed E-state index contributed by atoms with van der Waals surface area (Å²) in [7, 11) is -1.78. The highest BCUT2D eigenvalue weighted by Gasteiger charge is 2.20. The van der Waals surface area contributed by atoms with Gasteiger partial charge < -0.3 is 4.90 Å². The molecular weight excluding hydrogens is 402 g/mol. The summed E-state index contributed by atoms with van der Waals surface area (Å²) in [5.41, 5.74) is 2.05. The van der Waals surface area contributed by atoms with Gasteiger partial charge in [-0.05, 0) is 30.0 Å². The number of amides is 1. The second-order valence-corrected chi connectivity index (χ2v) is 9.06. The van der Waals surface area contributed by atoms with Crippen molar-refractivity contribution in [2.75, 3.05) is 18.6 Å². The van der Waals surface area contributed by atoms with E-state index in [4.69, 9.17) is 0 Å². The fourth-order valence-electron chi connectivity index (χ4n) is 2.48. The molecule has 2 rings (SSSR count). The molecule has 0 aliphatic heterocycles. The molecule has 0 saturated heterocycles. The molecule has 0 atom stereocenters. The molecule has 6 heteroatoms. The van der Waals surface area contributed by atoms with Gasteiger partial charge in [-0.15, -0.1) is 0 Å². The van der Waals surface area contributed by atoms with Gasteiger partial charge in [0.05, 0.1) is 5.75 Å². The molecule has 0 spiro atoms. The number of hydrogen-bond acceptors (Lipinski definition) is 3. The van der Waals surface area contributed by atoms with Crippen LogP contribution in [0.25, 0.3) is 0 Å². The van der Waals surface area contributed by atoms with E-state index in [2.05, 4.69) is 15.9 Å². The SMILES string of the molecule is CN(Cc1ccccc1Br)C(=O)CS(=O)(=O)CCCc1ccccc1. The number of aryl methyl sites for hydroxylation is 1. The van der Waals surface area contributed by atoms with Crippen molar-refractivity contribution in [3.8, 4) is 0 Å². The Morgan fingerprint density at radius 1 is 1.04 bits per heavy atom. The van der Waals surface area contributed by atoms with E-state index in [9.17, 15) is 13.2 Å². The summed E-state index contributed by atoms with van der Waals surface area (Å²) in [5, 5.41) is 0. The Hall–Kier alpha value is -1.66. The van der Waals surface area contributed by atoms with Crippen molar-refractivity contribution in [1.82, 2.24) is 4.90 Å². The van der Waals surface area contributed by atoms with Crippen molar-refractivity contribution < 1.29 is 13.2 Å². The molecule has 0 bridgehead atoms. The summed E-state index contributed by atoms with van der Waals surface area (Å²) < 4.78 is 25.3. The smallest absolute Gasteiger partial charge is 0.237 e. The van der Waals surface area contributed by atoms with Crippen LogP contribution in [0.5, 0.6) is 0 Å². The number of halogens is 1. The molecule has 134 valence electrons. The largest absolute Gasteiger partial charge is 0.341 e. The van der Waals surface area contributed by atoms with Gasteiger partial charge in [0.15, 0.2) is 9.84 Å². The molecule has 0 heterocycles. The molecule has 0 N–H and O–H groups in total. The molecular formula is C19H22BrNO3S. The Kier molecular flexibility index (Phi) is 7.20. The summed E-state index contributed by atoms with van der Waals surface area (Å²) in [4.78, 5) is 13.7. The van der Waals surface area contributed by atoms with Crippen molar-refractivity contribution in [2.24, 2.45) is 0 Å². The highest BCUT2D eigenvalue weighted by atomic mass is 79.9. The molecule has 0 saturated carbocycles. The van der Waals surface area contributed by atoms with Gasteiger partial charge in [0.25, 0.3) is 0 Å². The van der Waals surface area contributed by atoms with Crippen molar-refractivity contribution >= 4 is 31.7 Å². The average Bonchev–Trinajstić information content (AvgIpc) is 2.57. The summed E-state index contributed by atoms with van der Waals surface area (Å²) in [6.07, 6.45) is 1.22. The molecule has 2 aromatic rings. The second-order valence-electron chi connectivity index (χ2n) is 6.02. The molecule has 2 aromatic carbocycles. The van der Waals surface area contributed by atoms with Crippen molar-refractivity contribution in [3.63, 3.8) is 0 Å². The van der Waals surface area contributed by atoms with Crippen molar-refractivity contribution in [3.05, 3.63) is 70.2 Å². The van der Waals surface area contributed by atoms with E-state index in [0.717, 1.165) is 15.6 Å². The minimum Gasteiger partial charge on any atom is -0.341 e. The highest BCUT2D eigenvalue weighted by molar-refractivity contribution is 9.10. The first-order chi connectivity index (χ1) is 11.9. The topological polar surface area (TPSA) is 54.5 Å². The first-order valence-electron chi connectivity index (χ1n) is 8.09. The summed E-state index contributed by atoms with van der Waals surface area (Å²) >= 11 is 3.44. The fourth-order valence-corrected chi connectivity index (χ4v) is 4.22. The summed E-state index contributed by atoms with van der Waals surface area (Å²) in [5.74, 6) is -0.797. The molecule has 25 heavy (non-hydrogen) atoms. The average molecular weight is 424 g/mol. The van der Waals surface area contributed by atoms with Gasteiger partial charge in [-0.25, -0.2) is 8.42 Å². The lowest BCUT2D eigenvalue weighted by Gasteiger charge is -2.18. The number of benzene rings is 2. The van der Waals surface area contributed by atoms with Gasteiger partial charge in [0, 0.05) is 18.1 Å². The van der Waals surface area contributed by atoms with E-state index in [1.807, 2.05) is 54.6 Å². The standard InChI is InChI=1S/C19H22BrNO3S/c1-21(14-17-11-5-6-12-18(17)20)19(22)15-25(23,24)13-7-10-16-8-3-2-4-9-16/h2-6,8-9,11-12H,7,10,13-15H2,1H3. The van der Waals surface area contributed by atoms with Crippen LogP contribution in [0, 0.1) is 0 Å². The maximum Gasteiger partial charge on any atom is 0.237 e. The van der Waals surface area contributed by atoms with Crippen LogP contribution in [0.3, 0.4) is 0 Å². The quantitative estimate of drug-likeness (QED) is 0.652. The molecule has 0 aromatic heterocycles. The number of carbonyl (C=O) groups excluding carboxylic acids is 1. The predicted octanol–water partition coefficient (Wildman–Crippen LogP) is 3.46. The normalized spacial score (nSPS) is 11.3. The number of rotatable bonds is 8. The van der Waals surface area contributed by atoms with Crippen LogP contribution >= 0.6 is 15.9 Å². The molecule has 0 unspecified atom stereocenters. The predicted molar refractivity (Wildman–Crippen MR) is 104 cm³/mol.